The molecule has 2 fully saturated rings. The number of fused-ring (bicyclic) bond motifs is 3. The maximum absolute atomic E-state index is 13.8. The van der Waals surface area contributed by atoms with Gasteiger partial charge in [0.25, 0.3) is 5.91 Å². The average Bonchev–Trinajstić information content (AvgIpc) is 3.52. The molecule has 0 unspecified atom stereocenters. The van der Waals surface area contributed by atoms with E-state index in [0.717, 1.165) is 57.7 Å². The first-order valence-corrected chi connectivity index (χ1v) is 16.7. The topological polar surface area (TPSA) is 111 Å². The smallest absolute Gasteiger partial charge is 0.410 e. The summed E-state index contributed by atoms with van der Waals surface area (Å²) in [5, 5.41) is 1.06. The van der Waals surface area contributed by atoms with Crippen LogP contribution in [-0.2, 0) is 34.3 Å². The number of rotatable bonds is 9. The molecule has 0 spiro atoms. The van der Waals surface area contributed by atoms with Crippen molar-refractivity contribution >= 4 is 39.9 Å². The van der Waals surface area contributed by atoms with Crippen molar-refractivity contribution in [3.05, 3.63) is 47.5 Å². The Hall–Kier alpha value is -4.58. The molecular formula is C36H44N6O6. The molecule has 2 aromatic heterocycles. The highest BCUT2D eigenvalue weighted by Gasteiger charge is 2.31. The SMILES string of the molecule is C[C@H](CN1CCc2cc3c(cc2C1=O)nc(-c1cc2cccc(OCN4COC(=O)C4)c2n1CC1CC1)n3C)N(C)C(=O)OC(C)(C)C. The third-order valence-electron chi connectivity index (χ3n) is 9.52. The number of likely N-dealkylation sites (N-methyl/N-ethyl adjacent to an activating group) is 1. The van der Waals surface area contributed by atoms with Crippen LogP contribution < -0.4 is 4.74 Å². The number of cyclic esters (lactones) is 1. The standard InChI is InChI=1S/C36H44N6O6/c1-22(38(5)35(45)48-36(2,3)4)17-41-13-12-24-14-28-27(16-26(24)34(41)44)37-33(39(28)6)29-15-25-8-7-9-30(32(25)42(29)18-23-10-11-23)46-20-40-19-31(43)47-21-40/h7-9,14-16,22-23H,10-13,17-21H2,1-6H3/t22-/m1/s1. The normalized spacial score (nSPS) is 17.6. The third kappa shape index (κ3) is 6.21. The number of imidazole rings is 1. The molecule has 1 saturated heterocycles. The van der Waals surface area contributed by atoms with Crippen molar-refractivity contribution in [2.75, 3.05) is 40.1 Å². The zero-order valence-electron chi connectivity index (χ0n) is 28.6. The summed E-state index contributed by atoms with van der Waals surface area (Å²) in [6, 6.07) is 12.0. The maximum atomic E-state index is 13.8. The molecule has 12 nitrogen and oxygen atoms in total. The number of carbonyl (C=O) groups is 3. The van der Waals surface area contributed by atoms with Gasteiger partial charge < -0.3 is 33.1 Å². The summed E-state index contributed by atoms with van der Waals surface area (Å²) in [5.41, 5.74) is 4.81. The summed E-state index contributed by atoms with van der Waals surface area (Å²) >= 11 is 0. The highest BCUT2D eigenvalue weighted by Crippen LogP contribution is 2.39. The van der Waals surface area contributed by atoms with Gasteiger partial charge >= 0.3 is 12.1 Å². The molecule has 3 aliphatic rings. The molecule has 2 aliphatic heterocycles. The van der Waals surface area contributed by atoms with Crippen molar-refractivity contribution < 1.29 is 28.6 Å². The van der Waals surface area contributed by atoms with Crippen LogP contribution in [0.3, 0.4) is 0 Å². The Bertz CT molecular complexity index is 1920. The number of ether oxygens (including phenoxy) is 3. The van der Waals surface area contributed by atoms with Crippen molar-refractivity contribution in [2.24, 2.45) is 13.0 Å². The van der Waals surface area contributed by atoms with Crippen LogP contribution in [0.4, 0.5) is 4.79 Å². The van der Waals surface area contributed by atoms with Crippen LogP contribution in [0.25, 0.3) is 33.5 Å². The molecule has 0 N–H and O–H groups in total. The molecule has 4 heterocycles. The van der Waals surface area contributed by atoms with E-state index in [-0.39, 0.29) is 37.9 Å². The van der Waals surface area contributed by atoms with E-state index in [9.17, 15) is 14.4 Å². The predicted octanol–water partition coefficient (Wildman–Crippen LogP) is 5.01. The number of hydrogen-bond acceptors (Lipinski definition) is 8. The lowest BCUT2D eigenvalue weighted by atomic mass is 9.97. The Morgan fingerprint density at radius 1 is 1.17 bits per heavy atom. The number of para-hydroxylation sites is 1. The number of amides is 2. The maximum Gasteiger partial charge on any atom is 0.410 e. The molecule has 4 aromatic rings. The second-order valence-electron chi connectivity index (χ2n) is 14.5. The monoisotopic (exact) mass is 656 g/mol. The predicted molar refractivity (Wildman–Crippen MR) is 181 cm³/mol. The second-order valence-corrected chi connectivity index (χ2v) is 14.5. The molecular weight excluding hydrogens is 612 g/mol. The summed E-state index contributed by atoms with van der Waals surface area (Å²) < 4.78 is 21.3. The van der Waals surface area contributed by atoms with E-state index in [0.29, 0.717) is 24.6 Å². The van der Waals surface area contributed by atoms with Crippen LogP contribution >= 0.6 is 0 Å². The van der Waals surface area contributed by atoms with Gasteiger partial charge in [-0.2, -0.15) is 0 Å². The third-order valence-corrected chi connectivity index (χ3v) is 9.52. The zero-order valence-corrected chi connectivity index (χ0v) is 28.6. The van der Waals surface area contributed by atoms with Gasteiger partial charge in [0.2, 0.25) is 0 Å². The molecule has 0 radical (unpaired) electrons. The van der Waals surface area contributed by atoms with Crippen molar-refractivity contribution in [3.8, 4) is 17.3 Å². The fourth-order valence-electron chi connectivity index (χ4n) is 6.59. The summed E-state index contributed by atoms with van der Waals surface area (Å²) in [7, 11) is 3.74. The van der Waals surface area contributed by atoms with Gasteiger partial charge in [0, 0.05) is 50.7 Å². The molecule has 7 rings (SSSR count). The number of benzene rings is 2. The molecule has 1 atom stereocenters. The minimum absolute atomic E-state index is 0.0514. The number of aryl methyl sites for hydroxylation is 1. The molecule has 2 amide bonds. The summed E-state index contributed by atoms with van der Waals surface area (Å²) in [4.78, 5) is 48.4. The van der Waals surface area contributed by atoms with Gasteiger partial charge in [-0.25, -0.2) is 14.7 Å². The second kappa shape index (κ2) is 12.1. The van der Waals surface area contributed by atoms with E-state index in [1.807, 2.05) is 62.7 Å². The van der Waals surface area contributed by atoms with Crippen LogP contribution in [-0.4, -0.2) is 98.6 Å². The Morgan fingerprint density at radius 3 is 2.67 bits per heavy atom. The first-order chi connectivity index (χ1) is 22.9. The summed E-state index contributed by atoms with van der Waals surface area (Å²) in [6.45, 7) is 10.0. The molecule has 2 aromatic carbocycles. The van der Waals surface area contributed by atoms with E-state index in [1.165, 1.54) is 12.8 Å². The van der Waals surface area contributed by atoms with Crippen molar-refractivity contribution in [2.45, 2.75) is 65.1 Å². The molecule has 0 bridgehead atoms. The number of hydrogen-bond donors (Lipinski definition) is 0. The lowest BCUT2D eigenvalue weighted by Crippen LogP contribution is -2.48. The van der Waals surface area contributed by atoms with E-state index < -0.39 is 11.7 Å². The van der Waals surface area contributed by atoms with Crippen LogP contribution in [0.5, 0.6) is 5.75 Å². The van der Waals surface area contributed by atoms with Gasteiger partial charge in [0.05, 0.1) is 22.2 Å². The van der Waals surface area contributed by atoms with Crippen LogP contribution in [0.1, 0.15) is 56.5 Å². The highest BCUT2D eigenvalue weighted by atomic mass is 16.6. The van der Waals surface area contributed by atoms with Crippen LogP contribution in [0.15, 0.2) is 36.4 Å². The van der Waals surface area contributed by atoms with Gasteiger partial charge in [0.1, 0.15) is 31.4 Å². The van der Waals surface area contributed by atoms with Gasteiger partial charge in [0.15, 0.2) is 5.82 Å². The van der Waals surface area contributed by atoms with Crippen LogP contribution in [0.2, 0.25) is 0 Å². The number of esters is 1. The first-order valence-electron chi connectivity index (χ1n) is 16.7. The van der Waals surface area contributed by atoms with E-state index in [2.05, 4.69) is 27.3 Å². The Labute approximate surface area is 280 Å². The highest BCUT2D eigenvalue weighted by molar-refractivity contribution is 6.01. The lowest BCUT2D eigenvalue weighted by molar-refractivity contribution is -0.136. The van der Waals surface area contributed by atoms with Crippen molar-refractivity contribution in [3.63, 3.8) is 0 Å². The van der Waals surface area contributed by atoms with Gasteiger partial charge in [-0.05, 0) is 82.7 Å². The molecule has 1 aliphatic carbocycles. The summed E-state index contributed by atoms with van der Waals surface area (Å²) in [5.74, 6) is 1.88. The number of nitrogens with zero attached hydrogens (tertiary/aromatic N) is 6. The summed E-state index contributed by atoms with van der Waals surface area (Å²) in [6.07, 6.45) is 2.69. The fraction of sp³-hybridized carbons (Fsp3) is 0.500. The molecule has 254 valence electrons. The fourth-order valence-corrected chi connectivity index (χ4v) is 6.59. The Morgan fingerprint density at radius 2 is 1.96 bits per heavy atom. The van der Waals surface area contributed by atoms with Crippen LogP contribution in [0, 0.1) is 5.92 Å². The minimum Gasteiger partial charge on any atom is -0.476 e. The Balaban J connectivity index is 1.18. The number of carbonyl (C=O) groups excluding carboxylic acids is 3. The average molecular weight is 657 g/mol. The first kappa shape index (κ1) is 32.0. The van der Waals surface area contributed by atoms with Crippen molar-refractivity contribution in [1.82, 2.24) is 28.8 Å². The largest absolute Gasteiger partial charge is 0.476 e. The molecule has 12 heteroatoms. The lowest BCUT2D eigenvalue weighted by Gasteiger charge is -2.34. The van der Waals surface area contributed by atoms with Gasteiger partial charge in [-0.3, -0.25) is 9.59 Å². The molecule has 48 heavy (non-hydrogen) atoms. The molecule has 1 saturated carbocycles. The van der Waals surface area contributed by atoms with E-state index >= 15 is 0 Å². The minimum atomic E-state index is -0.591. The zero-order chi connectivity index (χ0) is 33.9. The van der Waals surface area contributed by atoms with E-state index in [4.69, 9.17) is 19.2 Å². The van der Waals surface area contributed by atoms with Gasteiger partial charge in [-0.1, -0.05) is 12.1 Å². The van der Waals surface area contributed by atoms with Crippen molar-refractivity contribution in [1.29, 1.82) is 0 Å². The quantitative estimate of drug-likeness (QED) is 0.231. The van der Waals surface area contributed by atoms with Gasteiger partial charge in [-0.15, -0.1) is 0 Å². The number of aromatic nitrogens is 3. The Kier molecular flexibility index (Phi) is 8.09. The van der Waals surface area contributed by atoms with E-state index in [1.54, 1.807) is 11.9 Å².